The Bertz CT molecular complexity index is 3480. The minimum absolute atomic E-state index is 0.333. The maximum atomic E-state index is 11.7. The van der Waals surface area contributed by atoms with Crippen LogP contribution in [-0.4, -0.2) is 31.0 Å². The third kappa shape index (κ3) is 7.52. The van der Waals surface area contributed by atoms with E-state index in [9.17, 15) is 15.2 Å². The van der Waals surface area contributed by atoms with Gasteiger partial charge >= 0.3 is 5.97 Å². The van der Waals surface area contributed by atoms with E-state index in [0.29, 0.717) is 5.56 Å². The van der Waals surface area contributed by atoms with Crippen LogP contribution >= 0.6 is 0 Å². The third-order valence-corrected chi connectivity index (χ3v) is 12.8. The number of hydrogen-bond acceptors (Lipinski definition) is 4. The summed E-state index contributed by atoms with van der Waals surface area (Å²) >= 11 is 0. The van der Waals surface area contributed by atoms with Crippen LogP contribution in [0.3, 0.4) is 0 Å². The molecule has 320 valence electrons. The van der Waals surface area contributed by atoms with Gasteiger partial charge in [-0.25, -0.2) is 14.8 Å². The van der Waals surface area contributed by atoms with E-state index in [2.05, 4.69) is 167 Å². The summed E-state index contributed by atoms with van der Waals surface area (Å²) in [6.07, 6.45) is 17.3. The standard InChI is InChI=1S/C59H47N5O2/c1-33-27-35(3)53(36(4)28-33)57-49-23-19-45(61-49)55(42-13-11-39(12-14-42)31-44(32-60)59(65)66)46-20-24-50(62-46)58(54-37(5)29-34(2)30-38(54)6)52-26-22-48(64-52)56(47-21-25-51(57)63-47)43-17-15-41(16-18-43)40-9-7-8-10-40/h7-9,11-31,61,64H,10H2,1-6H3,(H,65,66)/b44-31-,55-45?,55-46?,56-47?,56-48?,57-49?,57-51?,58-50?,58-52?. The first-order valence-electron chi connectivity index (χ1n) is 22.2. The van der Waals surface area contributed by atoms with Gasteiger partial charge in [0.2, 0.25) is 0 Å². The Labute approximate surface area is 384 Å². The fourth-order valence-electron chi connectivity index (χ4n) is 10.1. The molecule has 3 N–H and O–H groups in total. The quantitative estimate of drug-likeness (QED) is 0.109. The highest BCUT2D eigenvalue weighted by Crippen LogP contribution is 2.41. The van der Waals surface area contributed by atoms with Gasteiger partial charge in [0.05, 0.1) is 22.8 Å². The van der Waals surface area contributed by atoms with Crippen molar-refractivity contribution in [2.24, 2.45) is 0 Å². The smallest absolute Gasteiger partial charge is 0.346 e. The Morgan fingerprint density at radius 1 is 0.561 bits per heavy atom. The molecule has 7 nitrogen and oxygen atoms in total. The number of carboxylic acid groups (broad SMARTS) is 1. The Kier molecular flexibility index (Phi) is 10.5. The van der Waals surface area contributed by atoms with E-state index < -0.39 is 5.97 Å². The number of aromatic nitrogens is 4. The second-order valence-corrected chi connectivity index (χ2v) is 17.5. The molecule has 5 heterocycles. The lowest BCUT2D eigenvalue weighted by Gasteiger charge is -2.13. The number of H-pyrrole nitrogens is 2. The highest BCUT2D eigenvalue weighted by Gasteiger charge is 2.22. The van der Waals surface area contributed by atoms with Crippen molar-refractivity contribution in [2.75, 3.05) is 0 Å². The van der Waals surface area contributed by atoms with Crippen LogP contribution in [0.25, 0.3) is 103 Å². The van der Waals surface area contributed by atoms with Gasteiger partial charge in [0.15, 0.2) is 0 Å². The van der Waals surface area contributed by atoms with Crippen LogP contribution < -0.4 is 0 Å². The number of aromatic amines is 2. The summed E-state index contributed by atoms with van der Waals surface area (Å²) in [7, 11) is 0. The summed E-state index contributed by atoms with van der Waals surface area (Å²) in [6.45, 7) is 12.9. The summed E-state index contributed by atoms with van der Waals surface area (Å²) in [5.74, 6) is -1.27. The Hall–Kier alpha value is -8.34. The summed E-state index contributed by atoms with van der Waals surface area (Å²) in [5.41, 5.74) is 24.7. The second kappa shape index (κ2) is 16.7. The fraction of sp³-hybridized carbons (Fsp3) is 0.119. The molecule has 0 atom stereocenters. The molecule has 66 heavy (non-hydrogen) atoms. The molecule has 0 saturated carbocycles. The van der Waals surface area contributed by atoms with Crippen molar-refractivity contribution in [3.05, 3.63) is 188 Å². The third-order valence-electron chi connectivity index (χ3n) is 12.8. The largest absolute Gasteiger partial charge is 0.477 e. The number of allylic oxidation sites excluding steroid dienone is 4. The number of benzene rings is 4. The topological polar surface area (TPSA) is 118 Å². The molecule has 3 aromatic heterocycles. The molecular formula is C59H47N5O2. The van der Waals surface area contributed by atoms with E-state index in [1.165, 1.54) is 28.3 Å². The summed E-state index contributed by atoms with van der Waals surface area (Å²) < 4.78 is 0. The predicted molar refractivity (Wildman–Crippen MR) is 272 cm³/mol. The molecule has 0 unspecified atom stereocenters. The van der Waals surface area contributed by atoms with Crippen LogP contribution in [0.15, 0.2) is 121 Å². The molecule has 8 bridgehead atoms. The normalized spacial score (nSPS) is 13.0. The number of nitrogens with zero attached hydrogens (tertiary/aromatic N) is 3. The minimum atomic E-state index is -1.27. The van der Waals surface area contributed by atoms with Crippen molar-refractivity contribution in [1.82, 2.24) is 19.9 Å². The molecule has 10 rings (SSSR count). The predicted octanol–water partition coefficient (Wildman–Crippen LogP) is 14.5. The number of carboxylic acids is 1. The van der Waals surface area contributed by atoms with Crippen LogP contribution in [0, 0.1) is 52.9 Å². The highest BCUT2D eigenvalue weighted by molar-refractivity contribution is 6.01. The van der Waals surface area contributed by atoms with E-state index in [-0.39, 0.29) is 5.57 Å². The molecule has 0 spiro atoms. The van der Waals surface area contributed by atoms with Gasteiger partial charge in [0.1, 0.15) is 11.6 Å². The minimum Gasteiger partial charge on any atom is -0.477 e. The van der Waals surface area contributed by atoms with Gasteiger partial charge in [-0.3, -0.25) is 0 Å². The molecule has 1 aliphatic carbocycles. The molecule has 7 heteroatoms. The molecular weight excluding hydrogens is 811 g/mol. The maximum Gasteiger partial charge on any atom is 0.346 e. The van der Waals surface area contributed by atoms with E-state index in [1.54, 1.807) is 6.07 Å². The van der Waals surface area contributed by atoms with Gasteiger partial charge in [-0.15, -0.1) is 0 Å². The number of hydrogen-bond donors (Lipinski definition) is 3. The van der Waals surface area contributed by atoms with E-state index in [4.69, 9.17) is 9.97 Å². The average molecular weight is 858 g/mol. The molecule has 2 aliphatic heterocycles. The van der Waals surface area contributed by atoms with E-state index in [1.807, 2.05) is 24.3 Å². The summed E-state index contributed by atoms with van der Waals surface area (Å²) in [6, 6.07) is 35.7. The first kappa shape index (κ1) is 41.7. The molecule has 0 fully saturated rings. The highest BCUT2D eigenvalue weighted by atomic mass is 16.4. The van der Waals surface area contributed by atoms with Crippen molar-refractivity contribution in [2.45, 2.75) is 48.0 Å². The van der Waals surface area contributed by atoms with Gasteiger partial charge in [0.25, 0.3) is 0 Å². The van der Waals surface area contributed by atoms with Crippen LogP contribution in [0.5, 0.6) is 0 Å². The Balaban J connectivity index is 1.34. The van der Waals surface area contributed by atoms with Crippen molar-refractivity contribution < 1.29 is 9.90 Å². The van der Waals surface area contributed by atoms with Gasteiger partial charge in [0, 0.05) is 44.3 Å². The van der Waals surface area contributed by atoms with Gasteiger partial charge < -0.3 is 15.1 Å². The molecule has 7 aromatic rings. The number of aryl methyl sites for hydroxylation is 6. The molecule has 3 aliphatic rings. The van der Waals surface area contributed by atoms with E-state index in [0.717, 1.165) is 118 Å². The van der Waals surface area contributed by atoms with Crippen molar-refractivity contribution in [3.8, 4) is 50.6 Å². The SMILES string of the molecule is Cc1cc(C)c(-c2c3nc(c(-c4ccc(C5=CC=CC5)cc4)c4ccc([nH]4)c(-c4c(C)cc(C)cc4C)c4nc(c(-c5ccc(/C=C(/C#N)C(=O)O)cc5)c5ccc2[nH]5)C=C4)C=C3)c(C)c1. The number of nitrogens with one attached hydrogen (secondary N) is 2. The fourth-order valence-corrected chi connectivity index (χ4v) is 10.1. The van der Waals surface area contributed by atoms with Gasteiger partial charge in [-0.1, -0.05) is 102 Å². The van der Waals surface area contributed by atoms with Crippen LogP contribution in [-0.2, 0) is 4.79 Å². The Morgan fingerprint density at radius 3 is 1.35 bits per heavy atom. The molecule has 0 radical (unpaired) electrons. The first-order chi connectivity index (χ1) is 31.9. The first-order valence-corrected chi connectivity index (χ1v) is 22.2. The number of fused-ring (bicyclic) bond motifs is 8. The Morgan fingerprint density at radius 2 is 0.955 bits per heavy atom. The average Bonchev–Trinajstić information content (AvgIpc) is 4.16. The molecule has 0 amide bonds. The van der Waals surface area contributed by atoms with Crippen LogP contribution in [0.2, 0.25) is 0 Å². The van der Waals surface area contributed by atoms with Gasteiger partial charge in [-0.2, -0.15) is 5.26 Å². The summed E-state index contributed by atoms with van der Waals surface area (Å²) in [4.78, 5) is 30.5. The van der Waals surface area contributed by atoms with Crippen LogP contribution in [0.1, 0.15) is 73.7 Å². The molecule has 4 aromatic carbocycles. The van der Waals surface area contributed by atoms with Crippen LogP contribution in [0.4, 0.5) is 0 Å². The monoisotopic (exact) mass is 857 g/mol. The second-order valence-electron chi connectivity index (χ2n) is 17.5. The number of rotatable bonds is 7. The van der Waals surface area contributed by atoms with Crippen molar-refractivity contribution in [3.63, 3.8) is 0 Å². The van der Waals surface area contributed by atoms with Crippen molar-refractivity contribution in [1.29, 1.82) is 5.26 Å². The molecule has 0 saturated heterocycles. The lowest BCUT2D eigenvalue weighted by Crippen LogP contribution is -1.97. The zero-order valence-corrected chi connectivity index (χ0v) is 37.8. The number of nitriles is 1. The lowest BCUT2D eigenvalue weighted by molar-refractivity contribution is -0.132. The number of carbonyl (C=O) groups is 1. The van der Waals surface area contributed by atoms with Gasteiger partial charge in [-0.05, 0) is 164 Å². The number of aliphatic carboxylic acids is 1. The maximum absolute atomic E-state index is 11.7. The van der Waals surface area contributed by atoms with E-state index >= 15 is 0 Å². The zero-order valence-electron chi connectivity index (χ0n) is 37.8. The lowest BCUT2D eigenvalue weighted by atomic mass is 9.92. The zero-order chi connectivity index (χ0) is 45.8. The van der Waals surface area contributed by atoms with Crippen molar-refractivity contribution >= 4 is 64.0 Å². The summed E-state index contributed by atoms with van der Waals surface area (Å²) in [5, 5.41) is 19.1.